The Bertz CT molecular complexity index is 1420. The van der Waals surface area contributed by atoms with Gasteiger partial charge in [-0.25, -0.2) is 4.79 Å². The summed E-state index contributed by atoms with van der Waals surface area (Å²) < 4.78 is 17.4. The van der Waals surface area contributed by atoms with Gasteiger partial charge < -0.3 is 24.5 Å². The molecule has 0 unspecified atom stereocenters. The van der Waals surface area contributed by atoms with E-state index in [2.05, 4.69) is 26.6 Å². The monoisotopic (exact) mass is 614 g/mol. The molecule has 0 saturated carbocycles. The average molecular weight is 616 g/mol. The highest BCUT2D eigenvalue weighted by Crippen LogP contribution is 2.26. The van der Waals surface area contributed by atoms with Gasteiger partial charge in [0.25, 0.3) is 5.91 Å². The smallest absolute Gasteiger partial charge is 0.328 e. The summed E-state index contributed by atoms with van der Waals surface area (Å²) >= 11 is 3.48. The number of methoxy groups -OCH3 is 1. The van der Waals surface area contributed by atoms with Gasteiger partial charge in [-0.15, -0.1) is 0 Å². The SMILES string of the molecule is CC[C@@H](C)[C@H](NC(=O)c1cc(=O)c2c(OCc3ccccc3Br)cccc2o1)C(=O)N[C@@H](CC(C)C)C(=O)OC. The lowest BCUT2D eigenvalue weighted by Gasteiger charge is -2.26. The van der Waals surface area contributed by atoms with Crippen LogP contribution in [0.4, 0.5) is 0 Å². The van der Waals surface area contributed by atoms with E-state index < -0.39 is 35.3 Å². The first-order valence-electron chi connectivity index (χ1n) is 13.2. The van der Waals surface area contributed by atoms with Crippen molar-refractivity contribution in [3.8, 4) is 5.75 Å². The fraction of sp³-hybridized carbons (Fsp3) is 0.400. The Morgan fingerprint density at radius 2 is 1.75 bits per heavy atom. The van der Waals surface area contributed by atoms with Crippen molar-refractivity contribution in [1.82, 2.24) is 10.6 Å². The van der Waals surface area contributed by atoms with Crippen LogP contribution in [0.2, 0.25) is 0 Å². The third-order valence-electron chi connectivity index (χ3n) is 6.57. The summed E-state index contributed by atoms with van der Waals surface area (Å²) in [4.78, 5) is 51.8. The van der Waals surface area contributed by atoms with E-state index in [9.17, 15) is 19.2 Å². The van der Waals surface area contributed by atoms with Crippen LogP contribution in [-0.4, -0.2) is 37.0 Å². The van der Waals surface area contributed by atoms with Crippen molar-refractivity contribution in [2.24, 2.45) is 11.8 Å². The van der Waals surface area contributed by atoms with E-state index in [-0.39, 0.29) is 35.2 Å². The summed E-state index contributed by atoms with van der Waals surface area (Å²) in [7, 11) is 1.26. The van der Waals surface area contributed by atoms with Crippen molar-refractivity contribution in [3.05, 3.63) is 74.6 Å². The standard InChI is InChI=1S/C30H35BrN2O7/c1-6-18(4)27(29(36)32-21(14-17(2)3)30(37)38-5)33-28(35)25-15-22(34)26-23(12-9-13-24(26)40-25)39-16-19-10-7-8-11-20(19)31/h7-13,15,17-18,21,27H,6,14,16H2,1-5H3,(H,32,36)(H,33,35)/t18-,21+,27+/m1/s1. The predicted molar refractivity (Wildman–Crippen MR) is 155 cm³/mol. The first-order chi connectivity index (χ1) is 19.0. The highest BCUT2D eigenvalue weighted by molar-refractivity contribution is 9.10. The molecule has 9 nitrogen and oxygen atoms in total. The van der Waals surface area contributed by atoms with Crippen LogP contribution < -0.4 is 20.8 Å². The molecule has 0 saturated heterocycles. The van der Waals surface area contributed by atoms with Crippen molar-refractivity contribution < 1.29 is 28.3 Å². The molecular weight excluding hydrogens is 580 g/mol. The molecule has 3 aromatic rings. The van der Waals surface area contributed by atoms with Crippen molar-refractivity contribution in [3.63, 3.8) is 0 Å². The van der Waals surface area contributed by atoms with Gasteiger partial charge in [0.1, 0.15) is 35.4 Å². The van der Waals surface area contributed by atoms with E-state index in [1.165, 1.54) is 7.11 Å². The molecular formula is C30H35BrN2O7. The van der Waals surface area contributed by atoms with Crippen LogP contribution in [-0.2, 0) is 20.9 Å². The van der Waals surface area contributed by atoms with Crippen molar-refractivity contribution >= 4 is 44.7 Å². The summed E-state index contributed by atoms with van der Waals surface area (Å²) in [5.41, 5.74) is 0.618. The summed E-state index contributed by atoms with van der Waals surface area (Å²) in [6, 6.07) is 11.7. The second-order valence-electron chi connectivity index (χ2n) is 10.0. The molecule has 2 N–H and O–H groups in total. The number of hydrogen-bond acceptors (Lipinski definition) is 7. The van der Waals surface area contributed by atoms with Gasteiger partial charge in [0.2, 0.25) is 5.91 Å². The number of esters is 1. The molecule has 214 valence electrons. The number of carbonyl (C=O) groups is 3. The van der Waals surface area contributed by atoms with Crippen molar-refractivity contribution in [2.75, 3.05) is 7.11 Å². The highest BCUT2D eigenvalue weighted by atomic mass is 79.9. The van der Waals surface area contributed by atoms with Gasteiger partial charge in [-0.1, -0.05) is 74.3 Å². The fourth-order valence-electron chi connectivity index (χ4n) is 4.18. The maximum Gasteiger partial charge on any atom is 0.328 e. The van der Waals surface area contributed by atoms with Crippen LogP contribution in [0.1, 0.15) is 56.7 Å². The Morgan fingerprint density at radius 3 is 2.40 bits per heavy atom. The lowest BCUT2D eigenvalue weighted by Crippen LogP contribution is -2.54. The molecule has 1 heterocycles. The maximum atomic E-state index is 13.2. The number of hydrogen-bond donors (Lipinski definition) is 2. The topological polar surface area (TPSA) is 124 Å². The zero-order valence-corrected chi connectivity index (χ0v) is 24.9. The average Bonchev–Trinajstić information content (AvgIpc) is 2.93. The summed E-state index contributed by atoms with van der Waals surface area (Å²) in [5.74, 6) is -1.88. The first kappa shape index (κ1) is 30.9. The number of rotatable bonds is 12. The Hall–Kier alpha value is -3.66. The van der Waals surface area contributed by atoms with Crippen molar-refractivity contribution in [1.29, 1.82) is 0 Å². The van der Waals surface area contributed by atoms with Gasteiger partial charge in [-0.05, 0) is 36.5 Å². The van der Waals surface area contributed by atoms with Gasteiger partial charge in [-0.2, -0.15) is 0 Å². The van der Waals surface area contributed by atoms with Gasteiger partial charge in [-0.3, -0.25) is 14.4 Å². The van der Waals surface area contributed by atoms with Crippen LogP contribution in [0.5, 0.6) is 5.75 Å². The number of nitrogens with one attached hydrogen (secondary N) is 2. The molecule has 0 fully saturated rings. The number of fused-ring (bicyclic) bond motifs is 1. The van der Waals surface area contributed by atoms with Crippen molar-refractivity contribution in [2.45, 2.75) is 59.2 Å². The number of amides is 2. The number of ether oxygens (including phenoxy) is 2. The second-order valence-corrected chi connectivity index (χ2v) is 10.9. The van der Waals surface area contributed by atoms with Crippen LogP contribution in [0.15, 0.2) is 62.2 Å². The van der Waals surface area contributed by atoms with E-state index in [1.54, 1.807) is 18.2 Å². The summed E-state index contributed by atoms with van der Waals surface area (Å²) in [5, 5.41) is 5.60. The lowest BCUT2D eigenvalue weighted by atomic mass is 9.97. The number of carbonyl (C=O) groups excluding carboxylic acids is 3. The molecule has 0 aliphatic rings. The van der Waals surface area contributed by atoms with Gasteiger partial charge >= 0.3 is 5.97 Å². The second kappa shape index (κ2) is 14.1. The highest BCUT2D eigenvalue weighted by Gasteiger charge is 2.31. The van der Waals surface area contributed by atoms with Gasteiger partial charge in [0.15, 0.2) is 11.2 Å². The van der Waals surface area contributed by atoms with E-state index >= 15 is 0 Å². The Labute approximate surface area is 241 Å². The molecule has 3 atom stereocenters. The Balaban J connectivity index is 1.84. The Kier molecular flexibility index (Phi) is 10.9. The maximum absolute atomic E-state index is 13.2. The largest absolute Gasteiger partial charge is 0.488 e. The molecule has 10 heteroatoms. The van der Waals surface area contributed by atoms with E-state index in [4.69, 9.17) is 13.9 Å². The molecule has 0 spiro atoms. The number of benzene rings is 2. The predicted octanol–water partition coefficient (Wildman–Crippen LogP) is 4.98. The minimum absolute atomic E-state index is 0.121. The normalized spacial score (nSPS) is 13.4. The molecule has 2 aromatic carbocycles. The van der Waals surface area contributed by atoms with Crippen LogP contribution in [0.3, 0.4) is 0 Å². The Morgan fingerprint density at radius 1 is 1.02 bits per heavy atom. The minimum Gasteiger partial charge on any atom is -0.488 e. The molecule has 3 rings (SSSR count). The lowest BCUT2D eigenvalue weighted by molar-refractivity contribution is -0.145. The fourth-order valence-corrected chi connectivity index (χ4v) is 4.58. The zero-order valence-electron chi connectivity index (χ0n) is 23.3. The van der Waals surface area contributed by atoms with Crippen LogP contribution in [0.25, 0.3) is 11.0 Å². The third-order valence-corrected chi connectivity index (χ3v) is 7.35. The summed E-state index contributed by atoms with van der Waals surface area (Å²) in [6.07, 6.45) is 0.954. The van der Waals surface area contributed by atoms with Gasteiger partial charge in [0, 0.05) is 16.1 Å². The molecule has 0 aliphatic carbocycles. The number of halogens is 1. The van der Waals surface area contributed by atoms with E-state index in [0.717, 1.165) is 16.1 Å². The summed E-state index contributed by atoms with van der Waals surface area (Å²) in [6.45, 7) is 7.76. The minimum atomic E-state index is -0.975. The van der Waals surface area contributed by atoms with Gasteiger partial charge in [0.05, 0.1) is 7.11 Å². The van der Waals surface area contributed by atoms with Crippen LogP contribution >= 0.6 is 15.9 Å². The third kappa shape index (κ3) is 7.71. The zero-order chi connectivity index (χ0) is 29.4. The molecule has 0 aliphatic heterocycles. The quantitative estimate of drug-likeness (QED) is 0.276. The molecule has 0 radical (unpaired) electrons. The molecule has 2 amide bonds. The van der Waals surface area contributed by atoms with E-state index in [1.807, 2.05) is 52.0 Å². The first-order valence-corrected chi connectivity index (χ1v) is 14.0. The molecule has 1 aromatic heterocycles. The van der Waals surface area contributed by atoms with E-state index in [0.29, 0.717) is 18.6 Å². The van der Waals surface area contributed by atoms with Crippen LogP contribution in [0, 0.1) is 11.8 Å². The molecule has 0 bridgehead atoms. The molecule has 40 heavy (non-hydrogen) atoms.